The van der Waals surface area contributed by atoms with Gasteiger partial charge in [0.1, 0.15) is 12.3 Å². The lowest BCUT2D eigenvalue weighted by molar-refractivity contribution is 0.102. The lowest BCUT2D eigenvalue weighted by Crippen LogP contribution is -2.34. The maximum atomic E-state index is 13.6. The highest BCUT2D eigenvalue weighted by atomic mass is 16.3. The second-order valence-electron chi connectivity index (χ2n) is 8.79. The van der Waals surface area contributed by atoms with Gasteiger partial charge in [0.25, 0.3) is 5.91 Å². The summed E-state index contributed by atoms with van der Waals surface area (Å²) in [7, 11) is 0. The molecule has 0 spiro atoms. The first-order valence-corrected chi connectivity index (χ1v) is 11.9. The Hall–Kier alpha value is -4.92. The van der Waals surface area contributed by atoms with E-state index in [9.17, 15) is 9.59 Å². The maximum absolute atomic E-state index is 13.6. The highest BCUT2D eigenvalue weighted by Gasteiger charge is 2.19. The standard InChI is InChI=1S/C28H26N6O3/c1-18(2)30-28(36)33-24-13-7-6-12-23(24)32-27(35)21-15-25(19-9-4-3-5-10-19)31-26-22(21)16-29-34(26)17-20-11-8-14-37-20/h3-16,18H,17H2,1-2H3,(H,32,35)(H2,30,33,36). The summed E-state index contributed by atoms with van der Waals surface area (Å²) in [4.78, 5) is 30.7. The van der Waals surface area contributed by atoms with Crippen LogP contribution in [0, 0.1) is 0 Å². The highest BCUT2D eigenvalue weighted by molar-refractivity contribution is 6.14. The SMILES string of the molecule is CC(C)NC(=O)Nc1ccccc1NC(=O)c1cc(-c2ccccc2)nc2c1cnn2Cc1ccco1. The van der Waals surface area contributed by atoms with Crippen molar-refractivity contribution in [2.45, 2.75) is 26.4 Å². The van der Waals surface area contributed by atoms with Crippen LogP contribution in [0.2, 0.25) is 0 Å². The lowest BCUT2D eigenvalue weighted by Gasteiger charge is -2.15. The van der Waals surface area contributed by atoms with Crippen LogP contribution in [0.3, 0.4) is 0 Å². The molecule has 5 aromatic rings. The number of pyridine rings is 1. The Labute approximate surface area is 213 Å². The zero-order valence-electron chi connectivity index (χ0n) is 20.4. The van der Waals surface area contributed by atoms with Gasteiger partial charge in [0.05, 0.1) is 40.5 Å². The van der Waals surface area contributed by atoms with Crippen molar-refractivity contribution < 1.29 is 14.0 Å². The summed E-state index contributed by atoms with van der Waals surface area (Å²) in [5, 5.41) is 13.6. The molecular formula is C28H26N6O3. The molecule has 186 valence electrons. The summed E-state index contributed by atoms with van der Waals surface area (Å²) in [6, 6.07) is 21.8. The molecular weight excluding hydrogens is 468 g/mol. The molecule has 2 aromatic carbocycles. The number of urea groups is 1. The van der Waals surface area contributed by atoms with Crippen molar-refractivity contribution in [1.29, 1.82) is 0 Å². The highest BCUT2D eigenvalue weighted by Crippen LogP contribution is 2.28. The molecule has 3 aromatic heterocycles. The Balaban J connectivity index is 1.52. The predicted octanol–water partition coefficient (Wildman–Crippen LogP) is 5.52. The Morgan fingerprint density at radius 3 is 2.38 bits per heavy atom. The van der Waals surface area contributed by atoms with E-state index in [-0.39, 0.29) is 18.0 Å². The second-order valence-corrected chi connectivity index (χ2v) is 8.79. The van der Waals surface area contributed by atoms with Gasteiger partial charge in [-0.05, 0) is 44.2 Å². The van der Waals surface area contributed by atoms with E-state index in [0.717, 1.165) is 11.3 Å². The van der Waals surface area contributed by atoms with Gasteiger partial charge in [0.2, 0.25) is 0 Å². The minimum Gasteiger partial charge on any atom is -0.467 e. The van der Waals surface area contributed by atoms with E-state index in [1.807, 2.05) is 56.3 Å². The Morgan fingerprint density at radius 1 is 0.946 bits per heavy atom. The van der Waals surface area contributed by atoms with E-state index in [2.05, 4.69) is 21.0 Å². The first-order valence-electron chi connectivity index (χ1n) is 11.9. The van der Waals surface area contributed by atoms with Gasteiger partial charge in [-0.3, -0.25) is 4.79 Å². The van der Waals surface area contributed by atoms with Crippen molar-refractivity contribution in [3.05, 3.63) is 96.6 Å². The number of anilines is 2. The number of hydrogen-bond donors (Lipinski definition) is 3. The zero-order valence-corrected chi connectivity index (χ0v) is 20.4. The van der Waals surface area contributed by atoms with Crippen LogP contribution in [0.25, 0.3) is 22.3 Å². The van der Waals surface area contributed by atoms with Gasteiger partial charge in [0.15, 0.2) is 5.65 Å². The molecule has 5 rings (SSSR count). The van der Waals surface area contributed by atoms with Crippen molar-refractivity contribution in [3.63, 3.8) is 0 Å². The molecule has 0 unspecified atom stereocenters. The monoisotopic (exact) mass is 494 g/mol. The van der Waals surface area contributed by atoms with Crippen LogP contribution in [0.5, 0.6) is 0 Å². The van der Waals surface area contributed by atoms with Crippen molar-refractivity contribution in [2.75, 3.05) is 10.6 Å². The number of nitrogens with one attached hydrogen (secondary N) is 3. The van der Waals surface area contributed by atoms with Gasteiger partial charge in [-0.2, -0.15) is 5.10 Å². The van der Waals surface area contributed by atoms with Gasteiger partial charge in [-0.15, -0.1) is 0 Å². The molecule has 0 aliphatic rings. The van der Waals surface area contributed by atoms with Crippen molar-refractivity contribution in [1.82, 2.24) is 20.1 Å². The van der Waals surface area contributed by atoms with Gasteiger partial charge in [-0.25, -0.2) is 14.5 Å². The molecule has 3 heterocycles. The number of amides is 3. The average Bonchev–Trinajstić information content (AvgIpc) is 3.55. The normalized spacial score (nSPS) is 11.0. The number of carbonyl (C=O) groups is 2. The van der Waals surface area contributed by atoms with Crippen molar-refractivity contribution in [2.24, 2.45) is 0 Å². The molecule has 0 aliphatic heterocycles. The van der Waals surface area contributed by atoms with E-state index >= 15 is 0 Å². The third-order valence-corrected chi connectivity index (χ3v) is 5.65. The quantitative estimate of drug-likeness (QED) is 0.276. The Kier molecular flexibility index (Phi) is 6.67. The average molecular weight is 495 g/mol. The molecule has 37 heavy (non-hydrogen) atoms. The van der Waals surface area contributed by atoms with Crippen molar-refractivity contribution >= 4 is 34.3 Å². The molecule has 3 N–H and O–H groups in total. The number of furan rings is 1. The van der Waals surface area contributed by atoms with Crippen LogP contribution in [-0.2, 0) is 6.54 Å². The first-order chi connectivity index (χ1) is 18.0. The fourth-order valence-electron chi connectivity index (χ4n) is 3.97. The molecule has 0 atom stereocenters. The molecule has 0 aliphatic carbocycles. The molecule has 0 saturated heterocycles. The minimum atomic E-state index is -0.353. The molecule has 0 saturated carbocycles. The van der Waals surface area contributed by atoms with E-state index in [0.29, 0.717) is 40.2 Å². The zero-order chi connectivity index (χ0) is 25.8. The lowest BCUT2D eigenvalue weighted by atomic mass is 10.1. The summed E-state index contributed by atoms with van der Waals surface area (Å²) in [6.45, 7) is 4.12. The third-order valence-electron chi connectivity index (χ3n) is 5.65. The van der Waals surface area contributed by atoms with Crippen molar-refractivity contribution in [3.8, 4) is 11.3 Å². The second kappa shape index (κ2) is 10.4. The van der Waals surface area contributed by atoms with E-state index in [1.165, 1.54) is 0 Å². The third kappa shape index (κ3) is 5.35. The molecule has 3 amide bonds. The number of fused-ring (bicyclic) bond motifs is 1. The fraction of sp³-hybridized carbons (Fsp3) is 0.143. The van der Waals surface area contributed by atoms with E-state index in [4.69, 9.17) is 9.40 Å². The van der Waals surface area contributed by atoms with Gasteiger partial charge in [-0.1, -0.05) is 42.5 Å². The smallest absolute Gasteiger partial charge is 0.319 e. The predicted molar refractivity (Wildman–Crippen MR) is 142 cm³/mol. The van der Waals surface area contributed by atoms with E-state index < -0.39 is 0 Å². The number of hydrogen-bond acceptors (Lipinski definition) is 5. The number of nitrogens with zero attached hydrogens (tertiary/aromatic N) is 3. The number of benzene rings is 2. The number of aromatic nitrogens is 3. The summed E-state index contributed by atoms with van der Waals surface area (Å²) in [5.74, 6) is 0.378. The van der Waals surface area contributed by atoms with Crippen LogP contribution < -0.4 is 16.0 Å². The molecule has 9 heteroatoms. The molecule has 0 bridgehead atoms. The fourth-order valence-corrected chi connectivity index (χ4v) is 3.97. The molecule has 9 nitrogen and oxygen atoms in total. The van der Waals surface area contributed by atoms with Crippen LogP contribution >= 0.6 is 0 Å². The summed E-state index contributed by atoms with van der Waals surface area (Å²) >= 11 is 0. The Morgan fingerprint density at radius 2 is 1.68 bits per heavy atom. The van der Waals surface area contributed by atoms with Crippen LogP contribution in [-0.4, -0.2) is 32.7 Å². The number of rotatable bonds is 7. The number of carbonyl (C=O) groups excluding carboxylic acids is 2. The van der Waals surface area contributed by atoms with Gasteiger partial charge < -0.3 is 20.4 Å². The molecule has 0 radical (unpaired) electrons. The minimum absolute atomic E-state index is 0.0269. The van der Waals surface area contributed by atoms with E-state index in [1.54, 1.807) is 47.5 Å². The maximum Gasteiger partial charge on any atom is 0.319 e. The van der Waals surface area contributed by atoms with Crippen LogP contribution in [0.4, 0.5) is 16.2 Å². The number of para-hydroxylation sites is 2. The van der Waals surface area contributed by atoms with Gasteiger partial charge in [0, 0.05) is 11.6 Å². The van der Waals surface area contributed by atoms with Gasteiger partial charge >= 0.3 is 6.03 Å². The van der Waals surface area contributed by atoms with Crippen LogP contribution in [0.15, 0.2) is 89.7 Å². The first kappa shape index (κ1) is 23.8. The Bertz CT molecular complexity index is 1540. The summed E-state index contributed by atoms with van der Waals surface area (Å²) < 4.78 is 7.20. The summed E-state index contributed by atoms with van der Waals surface area (Å²) in [6.07, 6.45) is 3.24. The largest absolute Gasteiger partial charge is 0.467 e. The topological polar surface area (TPSA) is 114 Å². The summed E-state index contributed by atoms with van der Waals surface area (Å²) in [5.41, 5.74) is 3.44. The molecule has 0 fully saturated rings. The van der Waals surface area contributed by atoms with Crippen LogP contribution in [0.1, 0.15) is 30.0 Å².